The molecule has 2 N–H and O–H groups in total. The number of aromatic hydroxyl groups is 1. The normalized spacial score (nSPS) is 11.2. The zero-order chi connectivity index (χ0) is 20.4. The molecule has 4 aromatic rings. The largest absolute Gasteiger partial charge is 0.494 e. The molecule has 0 bridgehead atoms. The molecule has 29 heavy (non-hydrogen) atoms. The quantitative estimate of drug-likeness (QED) is 0.398. The average Bonchev–Trinajstić information content (AvgIpc) is 3.25. The molecule has 7 nitrogen and oxygen atoms in total. The van der Waals surface area contributed by atoms with E-state index >= 15 is 0 Å². The molecule has 0 fully saturated rings. The number of nitrogens with zero attached hydrogens (tertiary/aromatic N) is 2. The monoisotopic (exact) mass is 407 g/mol. The fourth-order valence-electron chi connectivity index (χ4n) is 2.96. The Labute approximate surface area is 169 Å². The van der Waals surface area contributed by atoms with Gasteiger partial charge in [-0.2, -0.15) is 5.10 Å². The second kappa shape index (κ2) is 7.65. The van der Waals surface area contributed by atoms with Crippen LogP contribution in [0.5, 0.6) is 5.88 Å². The lowest BCUT2D eigenvalue weighted by molar-refractivity contribution is 0.0927. The highest BCUT2D eigenvalue weighted by molar-refractivity contribution is 6.30. The number of amides is 1. The highest BCUT2D eigenvalue weighted by Crippen LogP contribution is 2.26. The van der Waals surface area contributed by atoms with Crippen molar-refractivity contribution in [2.75, 3.05) is 0 Å². The number of halogens is 1. The van der Waals surface area contributed by atoms with E-state index < -0.39 is 11.5 Å². The van der Waals surface area contributed by atoms with Crippen LogP contribution in [-0.4, -0.2) is 21.8 Å². The number of benzene rings is 2. The predicted octanol–water partition coefficient (Wildman–Crippen LogP) is 3.71. The number of hydrogen-bond acceptors (Lipinski definition) is 5. The molecule has 0 saturated heterocycles. The van der Waals surface area contributed by atoms with E-state index in [0.717, 1.165) is 4.57 Å². The van der Waals surface area contributed by atoms with E-state index in [1.54, 1.807) is 54.6 Å². The summed E-state index contributed by atoms with van der Waals surface area (Å²) >= 11 is 6.05. The van der Waals surface area contributed by atoms with Gasteiger partial charge in [-0.25, -0.2) is 9.99 Å². The molecule has 2 heterocycles. The number of furan rings is 1. The van der Waals surface area contributed by atoms with Gasteiger partial charge in [-0.15, -0.1) is 0 Å². The molecule has 0 aliphatic rings. The molecule has 2 aromatic heterocycles. The Bertz CT molecular complexity index is 1290. The van der Waals surface area contributed by atoms with Crippen molar-refractivity contribution in [1.82, 2.24) is 9.99 Å². The first kappa shape index (κ1) is 18.5. The number of fused-ring (bicyclic) bond motifs is 1. The first-order valence-electron chi connectivity index (χ1n) is 8.56. The fourth-order valence-corrected chi connectivity index (χ4v) is 3.15. The average molecular weight is 408 g/mol. The minimum absolute atomic E-state index is 0.0973. The van der Waals surface area contributed by atoms with Crippen molar-refractivity contribution in [3.05, 3.63) is 93.6 Å². The van der Waals surface area contributed by atoms with Gasteiger partial charge in [0.15, 0.2) is 5.76 Å². The maximum absolute atomic E-state index is 13.0. The molecule has 4 rings (SSSR count). The lowest BCUT2D eigenvalue weighted by Gasteiger charge is -2.13. The lowest BCUT2D eigenvalue weighted by Crippen LogP contribution is -2.21. The van der Waals surface area contributed by atoms with Crippen LogP contribution in [0.15, 0.2) is 81.2 Å². The summed E-state index contributed by atoms with van der Waals surface area (Å²) in [6, 6.07) is 16.4. The minimum Gasteiger partial charge on any atom is -0.494 e. The number of carbonyl (C=O) groups is 1. The third kappa shape index (κ3) is 3.51. The molecular weight excluding hydrogens is 394 g/mol. The number of nitrogens with one attached hydrogen (secondary N) is 1. The Morgan fingerprint density at radius 1 is 1.10 bits per heavy atom. The highest BCUT2D eigenvalue weighted by atomic mass is 35.5. The van der Waals surface area contributed by atoms with Crippen molar-refractivity contribution in [3.63, 3.8) is 0 Å². The van der Waals surface area contributed by atoms with Gasteiger partial charge in [-0.1, -0.05) is 35.9 Å². The standard InChI is InChI=1S/C21H14ClN3O4/c22-13-5-3-6-14(11-13)25-20(27)16-8-2-1-7-15(16)17(21(25)28)12-23-24-19(26)18-9-4-10-29-18/h1-12,28H,(H,24,26)/b23-12+. The van der Waals surface area contributed by atoms with E-state index in [1.165, 1.54) is 18.5 Å². The zero-order valence-electron chi connectivity index (χ0n) is 14.9. The summed E-state index contributed by atoms with van der Waals surface area (Å²) in [5.74, 6) is -0.773. The first-order valence-corrected chi connectivity index (χ1v) is 8.93. The molecule has 0 radical (unpaired) electrons. The van der Waals surface area contributed by atoms with E-state index in [9.17, 15) is 14.7 Å². The van der Waals surface area contributed by atoms with Crippen LogP contribution < -0.4 is 11.0 Å². The molecule has 0 atom stereocenters. The van der Waals surface area contributed by atoms with Gasteiger partial charge in [0.05, 0.1) is 23.7 Å². The van der Waals surface area contributed by atoms with E-state index in [1.807, 2.05) is 0 Å². The van der Waals surface area contributed by atoms with Gasteiger partial charge in [-0.05, 0) is 36.4 Å². The number of rotatable bonds is 4. The third-order valence-electron chi connectivity index (χ3n) is 4.27. The number of pyridine rings is 1. The van der Waals surface area contributed by atoms with Crippen LogP contribution in [0.25, 0.3) is 16.5 Å². The lowest BCUT2D eigenvalue weighted by atomic mass is 10.1. The van der Waals surface area contributed by atoms with Crippen molar-refractivity contribution in [2.45, 2.75) is 0 Å². The van der Waals surface area contributed by atoms with Crippen molar-refractivity contribution in [1.29, 1.82) is 0 Å². The van der Waals surface area contributed by atoms with Crippen LogP contribution in [-0.2, 0) is 0 Å². The summed E-state index contributed by atoms with van der Waals surface area (Å²) in [5.41, 5.74) is 2.59. The first-order chi connectivity index (χ1) is 14.1. The van der Waals surface area contributed by atoms with Gasteiger partial charge in [0, 0.05) is 15.8 Å². The number of hydrogen-bond donors (Lipinski definition) is 2. The molecule has 0 spiro atoms. The molecule has 0 saturated carbocycles. The van der Waals surface area contributed by atoms with Crippen molar-refractivity contribution in [3.8, 4) is 11.6 Å². The Hall–Kier alpha value is -3.84. The van der Waals surface area contributed by atoms with Gasteiger partial charge in [-0.3, -0.25) is 9.59 Å². The zero-order valence-corrected chi connectivity index (χ0v) is 15.6. The second-order valence-corrected chi connectivity index (χ2v) is 6.52. The predicted molar refractivity (Wildman–Crippen MR) is 110 cm³/mol. The van der Waals surface area contributed by atoms with Crippen LogP contribution in [0.1, 0.15) is 16.1 Å². The molecular formula is C21H14ClN3O4. The molecule has 0 aliphatic heterocycles. The van der Waals surface area contributed by atoms with Crippen LogP contribution in [0, 0.1) is 0 Å². The Morgan fingerprint density at radius 2 is 1.90 bits per heavy atom. The molecule has 0 aliphatic carbocycles. The summed E-state index contributed by atoms with van der Waals surface area (Å²) < 4.78 is 6.15. The summed E-state index contributed by atoms with van der Waals surface area (Å²) in [5, 5.41) is 16.1. The summed E-state index contributed by atoms with van der Waals surface area (Å²) in [6.07, 6.45) is 2.65. The van der Waals surface area contributed by atoms with Crippen LogP contribution >= 0.6 is 11.6 Å². The highest BCUT2D eigenvalue weighted by Gasteiger charge is 2.16. The number of carbonyl (C=O) groups excluding carboxylic acids is 1. The van der Waals surface area contributed by atoms with Crippen molar-refractivity contribution >= 4 is 34.5 Å². The van der Waals surface area contributed by atoms with Gasteiger partial charge in [0.25, 0.3) is 5.56 Å². The van der Waals surface area contributed by atoms with Gasteiger partial charge >= 0.3 is 5.91 Å². The maximum Gasteiger partial charge on any atom is 0.307 e. The summed E-state index contributed by atoms with van der Waals surface area (Å²) in [6.45, 7) is 0. The Kier molecular flexibility index (Phi) is 4.88. The van der Waals surface area contributed by atoms with E-state index in [4.69, 9.17) is 16.0 Å². The Balaban J connectivity index is 1.84. The van der Waals surface area contributed by atoms with E-state index in [-0.39, 0.29) is 17.2 Å². The number of hydrazone groups is 1. The molecule has 8 heteroatoms. The maximum atomic E-state index is 13.0. The molecule has 1 amide bonds. The molecule has 2 aromatic carbocycles. The SMILES string of the molecule is O=C(N/N=C/c1c(O)n(-c2cccc(Cl)c2)c(=O)c2ccccc12)c1ccco1. The van der Waals surface area contributed by atoms with E-state index in [2.05, 4.69) is 10.5 Å². The minimum atomic E-state index is -0.543. The van der Waals surface area contributed by atoms with Crippen LogP contribution in [0.3, 0.4) is 0 Å². The second-order valence-electron chi connectivity index (χ2n) is 6.08. The van der Waals surface area contributed by atoms with Gasteiger partial charge in [0.1, 0.15) is 0 Å². The van der Waals surface area contributed by atoms with Crippen LogP contribution in [0.4, 0.5) is 0 Å². The molecule has 144 valence electrons. The fraction of sp³-hybridized carbons (Fsp3) is 0. The Morgan fingerprint density at radius 3 is 2.62 bits per heavy atom. The van der Waals surface area contributed by atoms with Gasteiger partial charge in [0.2, 0.25) is 5.88 Å². The van der Waals surface area contributed by atoms with Crippen molar-refractivity contribution in [2.24, 2.45) is 5.10 Å². The van der Waals surface area contributed by atoms with E-state index in [0.29, 0.717) is 21.5 Å². The third-order valence-corrected chi connectivity index (χ3v) is 4.51. The molecule has 0 unspecified atom stereocenters. The summed E-state index contributed by atoms with van der Waals surface area (Å²) in [7, 11) is 0. The van der Waals surface area contributed by atoms with Crippen molar-refractivity contribution < 1.29 is 14.3 Å². The van der Waals surface area contributed by atoms with Crippen LogP contribution in [0.2, 0.25) is 5.02 Å². The number of aromatic nitrogens is 1. The smallest absolute Gasteiger partial charge is 0.307 e. The topological polar surface area (TPSA) is 96.8 Å². The van der Waals surface area contributed by atoms with Gasteiger partial charge < -0.3 is 9.52 Å². The summed E-state index contributed by atoms with van der Waals surface area (Å²) in [4.78, 5) is 25.0.